The van der Waals surface area contributed by atoms with E-state index in [9.17, 15) is 4.79 Å². The number of hydrogen-bond acceptors (Lipinski definition) is 5. The average Bonchev–Trinajstić information content (AvgIpc) is 2.91. The van der Waals surface area contributed by atoms with Gasteiger partial charge in [-0.3, -0.25) is 9.69 Å². The van der Waals surface area contributed by atoms with E-state index >= 15 is 0 Å². The highest BCUT2D eigenvalue weighted by Gasteiger charge is 2.35. The molecule has 1 amide bonds. The maximum atomic E-state index is 12.4. The number of thioether (sulfide) groups is 1. The molecule has 3 rings (SSSR count). The van der Waals surface area contributed by atoms with Gasteiger partial charge in [-0.15, -0.1) is 5.10 Å². The molecule has 134 valence electrons. The topological polar surface area (TPSA) is 48.3 Å². The van der Waals surface area contributed by atoms with Crippen molar-refractivity contribution < 1.29 is 4.79 Å². The molecule has 1 atom stereocenters. The van der Waals surface area contributed by atoms with E-state index in [0.29, 0.717) is 11.7 Å². The van der Waals surface area contributed by atoms with E-state index in [-0.39, 0.29) is 11.2 Å². The minimum atomic E-state index is -0.132. The van der Waals surface area contributed by atoms with Gasteiger partial charge >= 0.3 is 0 Å². The van der Waals surface area contributed by atoms with Crippen molar-refractivity contribution in [2.75, 3.05) is 19.0 Å². The molecular weight excluding hydrogens is 344 g/mol. The molecule has 1 fully saturated rings. The zero-order chi connectivity index (χ0) is 18.5. The zero-order valence-corrected chi connectivity index (χ0v) is 16.0. The van der Waals surface area contributed by atoms with Crippen LogP contribution < -0.4 is 4.90 Å². The summed E-state index contributed by atoms with van der Waals surface area (Å²) in [5.41, 5.74) is 3.18. The Labute approximate surface area is 158 Å². The number of amidine groups is 1. The minimum absolute atomic E-state index is 0.0724. The van der Waals surface area contributed by atoms with Crippen LogP contribution >= 0.6 is 11.8 Å². The number of benzene rings is 2. The van der Waals surface area contributed by atoms with Gasteiger partial charge in [-0.1, -0.05) is 54.2 Å². The van der Waals surface area contributed by atoms with Crippen LogP contribution in [-0.2, 0) is 11.3 Å². The summed E-state index contributed by atoms with van der Waals surface area (Å²) in [6.45, 7) is 2.42. The number of hydrogen-bond donors (Lipinski definition) is 0. The van der Waals surface area contributed by atoms with Crippen molar-refractivity contribution in [2.24, 2.45) is 10.2 Å². The predicted octanol–water partition coefficient (Wildman–Crippen LogP) is 3.61. The summed E-state index contributed by atoms with van der Waals surface area (Å²) in [6.07, 6.45) is 1.71. The van der Waals surface area contributed by atoms with Gasteiger partial charge in [0.1, 0.15) is 0 Å². The highest BCUT2D eigenvalue weighted by molar-refractivity contribution is 8.15. The number of carbonyl (C=O) groups is 1. The molecule has 2 aromatic rings. The van der Waals surface area contributed by atoms with Gasteiger partial charge in [0.15, 0.2) is 5.17 Å². The first-order chi connectivity index (χ1) is 12.5. The highest BCUT2D eigenvalue weighted by atomic mass is 32.2. The molecular formula is C20H22N4OS. The Morgan fingerprint density at radius 2 is 1.81 bits per heavy atom. The molecule has 1 heterocycles. The number of carbonyl (C=O) groups excluding carboxylic acids is 1. The summed E-state index contributed by atoms with van der Waals surface area (Å²) in [6, 6.07) is 18.0. The second kappa shape index (κ2) is 8.19. The zero-order valence-electron chi connectivity index (χ0n) is 15.2. The molecule has 0 saturated carbocycles. The SMILES string of the molecule is C[C@@H]1S/C(=N/N=C\c2ccc(N(C)C)cc2)N(Cc2ccccc2)C1=O. The Bertz CT molecular complexity index is 815. The van der Waals surface area contributed by atoms with Crippen LogP contribution in [0.4, 0.5) is 5.69 Å². The Morgan fingerprint density at radius 3 is 2.46 bits per heavy atom. The standard InChI is InChI=1S/C20H22N4OS/c1-15-19(25)24(14-17-7-5-4-6-8-17)20(26-15)22-21-13-16-9-11-18(12-10-16)23(2)3/h4-13,15H,14H2,1-3H3/b21-13-,22-20+/t15-/m0/s1. The molecule has 0 radical (unpaired) electrons. The smallest absolute Gasteiger partial charge is 0.242 e. The van der Waals surface area contributed by atoms with Gasteiger partial charge in [0.25, 0.3) is 0 Å². The summed E-state index contributed by atoms with van der Waals surface area (Å²) in [4.78, 5) is 16.2. The van der Waals surface area contributed by atoms with Gasteiger partial charge in [-0.25, -0.2) is 0 Å². The molecule has 6 heteroatoms. The maximum Gasteiger partial charge on any atom is 0.242 e. The molecule has 1 saturated heterocycles. The Balaban J connectivity index is 1.73. The van der Waals surface area contributed by atoms with Crippen LogP contribution in [-0.4, -0.2) is 41.5 Å². The fourth-order valence-electron chi connectivity index (χ4n) is 2.58. The molecule has 0 N–H and O–H groups in total. The van der Waals surface area contributed by atoms with Crippen molar-refractivity contribution in [2.45, 2.75) is 18.7 Å². The first-order valence-electron chi connectivity index (χ1n) is 8.45. The molecule has 26 heavy (non-hydrogen) atoms. The average molecular weight is 366 g/mol. The highest BCUT2D eigenvalue weighted by Crippen LogP contribution is 2.28. The molecule has 0 spiro atoms. The van der Waals surface area contributed by atoms with Crippen molar-refractivity contribution in [1.82, 2.24) is 4.90 Å². The third-order valence-corrected chi connectivity index (χ3v) is 5.14. The van der Waals surface area contributed by atoms with Gasteiger partial charge in [0.05, 0.1) is 18.0 Å². The summed E-state index contributed by atoms with van der Waals surface area (Å²) in [7, 11) is 4.01. The van der Waals surface area contributed by atoms with Crippen LogP contribution in [0.15, 0.2) is 64.8 Å². The Hall–Kier alpha value is -2.60. The molecule has 1 aliphatic heterocycles. The molecule has 0 aliphatic carbocycles. The van der Waals surface area contributed by atoms with Crippen LogP contribution in [0, 0.1) is 0 Å². The van der Waals surface area contributed by atoms with Crippen LogP contribution in [0.25, 0.3) is 0 Å². The summed E-state index contributed by atoms with van der Waals surface area (Å²) < 4.78 is 0. The monoisotopic (exact) mass is 366 g/mol. The van der Waals surface area contributed by atoms with E-state index in [2.05, 4.69) is 10.2 Å². The van der Waals surface area contributed by atoms with E-state index in [1.54, 1.807) is 11.1 Å². The lowest BCUT2D eigenvalue weighted by atomic mass is 10.2. The predicted molar refractivity (Wildman–Crippen MR) is 110 cm³/mol. The molecule has 0 unspecified atom stereocenters. The van der Waals surface area contributed by atoms with Crippen LogP contribution in [0.5, 0.6) is 0 Å². The summed E-state index contributed by atoms with van der Waals surface area (Å²) >= 11 is 1.45. The molecule has 2 aromatic carbocycles. The second-order valence-electron chi connectivity index (χ2n) is 6.28. The number of nitrogens with zero attached hydrogens (tertiary/aromatic N) is 4. The molecule has 0 aromatic heterocycles. The van der Waals surface area contributed by atoms with E-state index < -0.39 is 0 Å². The number of amides is 1. The summed E-state index contributed by atoms with van der Waals surface area (Å²) in [5.74, 6) is 0.0724. The van der Waals surface area contributed by atoms with E-state index in [1.807, 2.05) is 80.5 Å². The van der Waals surface area contributed by atoms with Crippen LogP contribution in [0.3, 0.4) is 0 Å². The maximum absolute atomic E-state index is 12.4. The first-order valence-corrected chi connectivity index (χ1v) is 9.33. The van der Waals surface area contributed by atoms with E-state index in [0.717, 1.165) is 16.8 Å². The lowest BCUT2D eigenvalue weighted by Gasteiger charge is -2.15. The van der Waals surface area contributed by atoms with Gasteiger partial charge in [-0.2, -0.15) is 5.10 Å². The largest absolute Gasteiger partial charge is 0.378 e. The van der Waals surface area contributed by atoms with E-state index in [1.165, 1.54) is 11.8 Å². The van der Waals surface area contributed by atoms with Crippen molar-refractivity contribution in [3.63, 3.8) is 0 Å². The third kappa shape index (κ3) is 4.32. The summed E-state index contributed by atoms with van der Waals surface area (Å²) in [5, 5.41) is 9.01. The second-order valence-corrected chi connectivity index (χ2v) is 7.59. The number of rotatable bonds is 5. The lowest BCUT2D eigenvalue weighted by Crippen LogP contribution is -2.30. The van der Waals surface area contributed by atoms with Gasteiger partial charge in [0, 0.05) is 19.8 Å². The van der Waals surface area contributed by atoms with Crippen LogP contribution in [0.2, 0.25) is 0 Å². The normalized spacial score (nSPS) is 18.9. The van der Waals surface area contributed by atoms with Crippen LogP contribution in [0.1, 0.15) is 18.1 Å². The van der Waals surface area contributed by atoms with Gasteiger partial charge in [0.2, 0.25) is 5.91 Å². The molecule has 5 nitrogen and oxygen atoms in total. The van der Waals surface area contributed by atoms with E-state index in [4.69, 9.17) is 0 Å². The molecule has 1 aliphatic rings. The fourth-order valence-corrected chi connectivity index (χ4v) is 3.50. The molecule has 0 bridgehead atoms. The minimum Gasteiger partial charge on any atom is -0.378 e. The van der Waals surface area contributed by atoms with Crippen molar-refractivity contribution >= 4 is 34.7 Å². The van der Waals surface area contributed by atoms with Crippen molar-refractivity contribution in [3.8, 4) is 0 Å². The fraction of sp³-hybridized carbons (Fsp3) is 0.250. The first kappa shape index (κ1) is 18.2. The lowest BCUT2D eigenvalue weighted by molar-refractivity contribution is -0.126. The van der Waals surface area contributed by atoms with Crippen molar-refractivity contribution in [1.29, 1.82) is 0 Å². The van der Waals surface area contributed by atoms with Gasteiger partial charge < -0.3 is 4.90 Å². The third-order valence-electron chi connectivity index (χ3n) is 4.07. The number of anilines is 1. The Kier molecular flexibility index (Phi) is 5.73. The quantitative estimate of drug-likeness (QED) is 0.600. The Morgan fingerprint density at radius 1 is 1.12 bits per heavy atom. The van der Waals surface area contributed by atoms with Gasteiger partial charge in [-0.05, 0) is 30.2 Å². The van der Waals surface area contributed by atoms with Crippen molar-refractivity contribution in [3.05, 3.63) is 65.7 Å².